The molecule has 0 bridgehead atoms. The first-order chi connectivity index (χ1) is 14.1. The predicted molar refractivity (Wildman–Crippen MR) is 102 cm³/mol. The molecule has 1 fully saturated rings. The third kappa shape index (κ3) is 3.97. The maximum absolute atomic E-state index is 13.8. The molecule has 1 aliphatic rings. The number of aliphatic hydroxyl groups excluding tert-OH is 1. The van der Waals surface area contributed by atoms with Gasteiger partial charge in [-0.25, -0.2) is 12.8 Å². The number of halogens is 2. The van der Waals surface area contributed by atoms with E-state index in [0.29, 0.717) is 0 Å². The lowest BCUT2D eigenvalue weighted by Crippen LogP contribution is -2.48. The summed E-state index contributed by atoms with van der Waals surface area (Å²) >= 11 is 6.02. The van der Waals surface area contributed by atoms with E-state index in [9.17, 15) is 23.0 Å². The Kier molecular flexibility index (Phi) is 5.99. The highest BCUT2D eigenvalue weighted by Crippen LogP contribution is 2.33. The standard InChI is InChI=1S/C19H15ClFN3O5S/c20-15-5-12(7-22)1-4-17(15)30(27,28)24-9-18(19(26,10-24)11-25)29-14-3-2-13(8-23)16(21)6-14/h1-6,18,25-26H,9-11H2/t18-,19+/m0/s1. The van der Waals surface area contributed by atoms with Gasteiger partial charge in [0.2, 0.25) is 10.0 Å². The number of nitriles is 2. The largest absolute Gasteiger partial charge is 0.486 e. The molecule has 11 heteroatoms. The van der Waals surface area contributed by atoms with E-state index < -0.39 is 40.7 Å². The molecule has 0 spiro atoms. The van der Waals surface area contributed by atoms with Crippen LogP contribution in [-0.4, -0.2) is 54.3 Å². The Labute approximate surface area is 177 Å². The molecule has 3 rings (SSSR count). The van der Waals surface area contributed by atoms with E-state index in [2.05, 4.69) is 0 Å². The van der Waals surface area contributed by atoms with E-state index in [-0.39, 0.29) is 33.3 Å². The fourth-order valence-corrected chi connectivity index (χ4v) is 5.07. The number of rotatable bonds is 5. The van der Waals surface area contributed by atoms with Crippen molar-refractivity contribution in [3.63, 3.8) is 0 Å². The molecule has 156 valence electrons. The zero-order chi connectivity index (χ0) is 22.1. The molecule has 1 aliphatic heterocycles. The zero-order valence-corrected chi connectivity index (χ0v) is 16.9. The van der Waals surface area contributed by atoms with Crippen LogP contribution in [0.25, 0.3) is 0 Å². The molecule has 0 unspecified atom stereocenters. The van der Waals surface area contributed by atoms with Crippen LogP contribution in [0.4, 0.5) is 4.39 Å². The normalized spacial score (nSPS) is 21.7. The van der Waals surface area contributed by atoms with Crippen LogP contribution in [0.5, 0.6) is 5.75 Å². The summed E-state index contributed by atoms with van der Waals surface area (Å²) in [5.74, 6) is -0.881. The number of β-amino-alcohol motifs (C(OH)–C–C–N with tert-alkyl or cyclic N) is 1. The number of sulfonamides is 1. The Hall–Kier alpha value is -2.73. The first kappa shape index (κ1) is 22.0. The number of hydrogen-bond acceptors (Lipinski definition) is 7. The van der Waals surface area contributed by atoms with Crippen molar-refractivity contribution in [1.82, 2.24) is 4.31 Å². The lowest BCUT2D eigenvalue weighted by molar-refractivity contribution is -0.0641. The molecule has 0 saturated carbocycles. The van der Waals surface area contributed by atoms with Gasteiger partial charge in [0.15, 0.2) is 0 Å². The first-order valence-corrected chi connectivity index (χ1v) is 10.4. The maximum atomic E-state index is 13.8. The van der Waals surface area contributed by atoms with Gasteiger partial charge in [0.25, 0.3) is 0 Å². The molecule has 2 aromatic rings. The molecule has 0 aliphatic carbocycles. The molecule has 0 aromatic heterocycles. The predicted octanol–water partition coefficient (Wildman–Crippen LogP) is 1.40. The van der Waals surface area contributed by atoms with Gasteiger partial charge in [-0.1, -0.05) is 11.6 Å². The van der Waals surface area contributed by atoms with Crippen molar-refractivity contribution in [2.45, 2.75) is 16.6 Å². The monoisotopic (exact) mass is 451 g/mol. The van der Waals surface area contributed by atoms with Gasteiger partial charge < -0.3 is 14.9 Å². The molecule has 2 aromatic carbocycles. The van der Waals surface area contributed by atoms with Gasteiger partial charge in [0.1, 0.15) is 34.2 Å². The van der Waals surface area contributed by atoms with Gasteiger partial charge in [-0.3, -0.25) is 0 Å². The van der Waals surface area contributed by atoms with Gasteiger partial charge in [0, 0.05) is 12.6 Å². The molecule has 0 radical (unpaired) electrons. The topological polar surface area (TPSA) is 135 Å². The van der Waals surface area contributed by atoms with E-state index in [1.165, 1.54) is 30.3 Å². The highest BCUT2D eigenvalue weighted by Gasteiger charge is 2.51. The van der Waals surface area contributed by atoms with E-state index in [4.69, 9.17) is 26.9 Å². The summed E-state index contributed by atoms with van der Waals surface area (Å²) in [5.41, 5.74) is -1.99. The minimum absolute atomic E-state index is 0.0426. The van der Waals surface area contributed by atoms with Crippen LogP contribution < -0.4 is 4.74 Å². The van der Waals surface area contributed by atoms with Crippen molar-refractivity contribution in [2.24, 2.45) is 0 Å². The smallest absolute Gasteiger partial charge is 0.244 e. The third-order valence-electron chi connectivity index (χ3n) is 4.71. The summed E-state index contributed by atoms with van der Waals surface area (Å²) in [6.45, 7) is -1.66. The van der Waals surface area contributed by atoms with Gasteiger partial charge >= 0.3 is 0 Å². The summed E-state index contributed by atoms with van der Waals surface area (Å²) in [4.78, 5) is -0.270. The minimum Gasteiger partial charge on any atom is -0.486 e. The van der Waals surface area contributed by atoms with Gasteiger partial charge in [-0.15, -0.1) is 0 Å². The van der Waals surface area contributed by atoms with Crippen molar-refractivity contribution < 1.29 is 27.8 Å². The van der Waals surface area contributed by atoms with E-state index in [1.54, 1.807) is 6.07 Å². The number of nitrogens with zero attached hydrogens (tertiary/aromatic N) is 3. The van der Waals surface area contributed by atoms with Crippen LogP contribution in [0.1, 0.15) is 11.1 Å². The van der Waals surface area contributed by atoms with Crippen LogP contribution in [0, 0.1) is 28.5 Å². The number of ether oxygens (including phenoxy) is 1. The van der Waals surface area contributed by atoms with Crippen molar-refractivity contribution in [3.05, 3.63) is 58.4 Å². The van der Waals surface area contributed by atoms with Crippen molar-refractivity contribution >= 4 is 21.6 Å². The number of aliphatic hydroxyl groups is 2. The Morgan fingerprint density at radius 2 is 2.00 bits per heavy atom. The Bertz CT molecular complexity index is 1180. The molecule has 8 nitrogen and oxygen atoms in total. The Balaban J connectivity index is 1.90. The highest BCUT2D eigenvalue weighted by molar-refractivity contribution is 7.89. The summed E-state index contributed by atoms with van der Waals surface area (Å²) in [5, 5.41) is 37.9. The van der Waals surface area contributed by atoms with Crippen molar-refractivity contribution in [1.29, 1.82) is 10.5 Å². The van der Waals surface area contributed by atoms with Crippen LogP contribution in [0.15, 0.2) is 41.3 Å². The second kappa shape index (κ2) is 8.19. The van der Waals surface area contributed by atoms with Crippen LogP contribution >= 0.6 is 11.6 Å². The molecule has 1 saturated heterocycles. The van der Waals surface area contributed by atoms with Crippen molar-refractivity contribution in [2.75, 3.05) is 19.7 Å². The summed E-state index contributed by atoms with van der Waals surface area (Å²) < 4.78 is 46.3. The number of hydrogen-bond donors (Lipinski definition) is 2. The lowest BCUT2D eigenvalue weighted by atomic mass is 10.0. The molecular formula is C19H15ClFN3O5S. The number of benzene rings is 2. The second-order valence-electron chi connectivity index (χ2n) is 6.68. The molecule has 2 N–H and O–H groups in total. The molecule has 2 atom stereocenters. The fourth-order valence-electron chi connectivity index (χ4n) is 3.05. The fraction of sp³-hybridized carbons (Fsp3) is 0.263. The molecule has 1 heterocycles. The van der Waals surface area contributed by atoms with Crippen LogP contribution in [-0.2, 0) is 10.0 Å². The van der Waals surface area contributed by atoms with Crippen LogP contribution in [0.3, 0.4) is 0 Å². The third-order valence-corrected chi connectivity index (χ3v) is 7.01. The van der Waals surface area contributed by atoms with Gasteiger partial charge in [-0.2, -0.15) is 14.8 Å². The average Bonchev–Trinajstić information content (AvgIpc) is 3.05. The van der Waals surface area contributed by atoms with Gasteiger partial charge in [0.05, 0.1) is 35.4 Å². The molecule has 0 amide bonds. The van der Waals surface area contributed by atoms with E-state index >= 15 is 0 Å². The zero-order valence-electron chi connectivity index (χ0n) is 15.3. The molecular weight excluding hydrogens is 437 g/mol. The molecule has 30 heavy (non-hydrogen) atoms. The average molecular weight is 452 g/mol. The SMILES string of the molecule is N#Cc1ccc(S(=O)(=O)N2C[C@H](Oc3ccc(C#N)c(F)c3)[C@](O)(CO)C2)c(Cl)c1. The van der Waals surface area contributed by atoms with E-state index in [1.807, 2.05) is 6.07 Å². The summed E-state index contributed by atoms with van der Waals surface area (Å²) in [7, 11) is -4.20. The highest BCUT2D eigenvalue weighted by atomic mass is 35.5. The Morgan fingerprint density at radius 3 is 2.57 bits per heavy atom. The van der Waals surface area contributed by atoms with Crippen molar-refractivity contribution in [3.8, 4) is 17.9 Å². The second-order valence-corrected chi connectivity index (χ2v) is 8.99. The van der Waals surface area contributed by atoms with Gasteiger partial charge in [-0.05, 0) is 30.3 Å². The van der Waals surface area contributed by atoms with Crippen LogP contribution in [0.2, 0.25) is 5.02 Å². The lowest BCUT2D eigenvalue weighted by Gasteiger charge is -2.27. The maximum Gasteiger partial charge on any atom is 0.244 e. The quantitative estimate of drug-likeness (QED) is 0.701. The minimum atomic E-state index is -4.20. The summed E-state index contributed by atoms with van der Waals surface area (Å²) in [6.07, 6.45) is -1.22. The summed E-state index contributed by atoms with van der Waals surface area (Å²) in [6, 6.07) is 10.6. The van der Waals surface area contributed by atoms with E-state index in [0.717, 1.165) is 10.4 Å². The Morgan fingerprint density at radius 1 is 1.27 bits per heavy atom. The first-order valence-electron chi connectivity index (χ1n) is 8.54.